The Bertz CT molecular complexity index is 911. The second-order valence-corrected chi connectivity index (χ2v) is 9.10. The second-order valence-electron chi connectivity index (χ2n) is 6.27. The Morgan fingerprint density at radius 2 is 1.36 bits per heavy atom. The van der Waals surface area contributed by atoms with Crippen LogP contribution in [0.5, 0.6) is 5.75 Å². The smallest absolute Gasteiger partial charge is 0.344 e. The zero-order chi connectivity index (χ0) is 19.8. The lowest BCUT2D eigenvalue weighted by atomic mass is 10.2. The van der Waals surface area contributed by atoms with Gasteiger partial charge in [0.2, 0.25) is 0 Å². The average molecular weight is 394 g/mol. The first-order valence-electron chi connectivity index (χ1n) is 9.20. The van der Waals surface area contributed by atoms with Gasteiger partial charge in [-0.1, -0.05) is 78.9 Å². The molecule has 0 aromatic heterocycles. The van der Waals surface area contributed by atoms with Crippen molar-refractivity contribution in [3.05, 3.63) is 90.5 Å². The molecule has 3 aromatic rings. The highest BCUT2D eigenvalue weighted by molar-refractivity contribution is 7.78. The van der Waals surface area contributed by atoms with Crippen LogP contribution < -0.4 is 15.3 Å². The zero-order valence-electron chi connectivity index (χ0n) is 15.8. The third-order valence-electron chi connectivity index (χ3n) is 4.36. The molecule has 144 valence electrons. The molecule has 0 spiro atoms. The Hall–Kier alpha value is -2.84. The second kappa shape index (κ2) is 9.38. The first-order valence-corrected chi connectivity index (χ1v) is 11.1. The molecule has 28 heavy (non-hydrogen) atoms. The molecule has 0 unspecified atom stereocenters. The molecule has 0 aliphatic rings. The molecule has 0 atom stereocenters. The summed E-state index contributed by atoms with van der Waals surface area (Å²) < 4.78 is 24.8. The van der Waals surface area contributed by atoms with Gasteiger partial charge in [-0.25, -0.2) is 4.79 Å². The normalized spacial score (nSPS) is 11.0. The van der Waals surface area contributed by atoms with E-state index < -0.39 is 13.1 Å². The van der Waals surface area contributed by atoms with Crippen molar-refractivity contribution < 1.29 is 18.8 Å². The van der Waals surface area contributed by atoms with Crippen LogP contribution in [-0.4, -0.2) is 19.2 Å². The third kappa shape index (κ3) is 4.71. The van der Waals surface area contributed by atoms with E-state index in [1.54, 1.807) is 13.0 Å². The van der Waals surface area contributed by atoms with Crippen LogP contribution in [0.15, 0.2) is 84.9 Å². The summed E-state index contributed by atoms with van der Waals surface area (Å²) in [5, 5.41) is 1.59. The van der Waals surface area contributed by atoms with Gasteiger partial charge in [0.25, 0.3) is 0 Å². The van der Waals surface area contributed by atoms with Crippen LogP contribution in [0.25, 0.3) is 0 Å². The number of carbonyl (C=O) groups excluding carboxylic acids is 1. The lowest BCUT2D eigenvalue weighted by Gasteiger charge is -2.21. The number of esters is 1. The predicted octanol–water partition coefficient (Wildman–Crippen LogP) is 4.14. The van der Waals surface area contributed by atoms with Crippen molar-refractivity contribution >= 4 is 23.7 Å². The molecule has 0 aliphatic carbocycles. The fourth-order valence-electron chi connectivity index (χ4n) is 3.02. The average Bonchev–Trinajstić information content (AvgIpc) is 2.74. The lowest BCUT2D eigenvalue weighted by molar-refractivity contribution is -0.145. The number of hydrogen-bond donors (Lipinski definition) is 0. The molecule has 4 nitrogen and oxygen atoms in total. The number of para-hydroxylation sites is 1. The summed E-state index contributed by atoms with van der Waals surface area (Å²) >= 11 is 0. The minimum Gasteiger partial charge on any atom is -0.482 e. The molecule has 0 amide bonds. The van der Waals surface area contributed by atoms with E-state index in [1.807, 2.05) is 78.9 Å². The van der Waals surface area contributed by atoms with Gasteiger partial charge in [0, 0.05) is 22.3 Å². The van der Waals surface area contributed by atoms with Gasteiger partial charge >= 0.3 is 5.97 Å². The molecule has 0 saturated heterocycles. The number of hydrogen-bond acceptors (Lipinski definition) is 4. The minimum atomic E-state index is -2.93. The molecule has 0 aliphatic heterocycles. The highest BCUT2D eigenvalue weighted by Gasteiger charge is 2.28. The Kier molecular flexibility index (Phi) is 6.67. The van der Waals surface area contributed by atoms with Crippen LogP contribution in [0.2, 0.25) is 0 Å². The maximum atomic E-state index is 14.2. The molecule has 3 aromatic carbocycles. The number of carbonyl (C=O) groups is 1. The van der Waals surface area contributed by atoms with Crippen LogP contribution in [0.4, 0.5) is 0 Å². The van der Waals surface area contributed by atoms with Crippen molar-refractivity contribution in [2.75, 3.05) is 13.2 Å². The lowest BCUT2D eigenvalue weighted by Crippen LogP contribution is -2.18. The van der Waals surface area contributed by atoms with E-state index in [-0.39, 0.29) is 6.61 Å². The number of rotatable bonds is 8. The highest BCUT2D eigenvalue weighted by atomic mass is 31.2. The Morgan fingerprint density at radius 1 is 0.821 bits per heavy atom. The topological polar surface area (TPSA) is 52.6 Å². The van der Waals surface area contributed by atoms with E-state index in [2.05, 4.69) is 0 Å². The predicted molar refractivity (Wildman–Crippen MR) is 112 cm³/mol. The maximum Gasteiger partial charge on any atom is 0.344 e. The van der Waals surface area contributed by atoms with Crippen molar-refractivity contribution in [3.8, 4) is 5.75 Å². The summed E-state index contributed by atoms with van der Waals surface area (Å²) in [5.41, 5.74) is 0.794. The Labute approximate surface area is 165 Å². The molecule has 0 N–H and O–H groups in total. The SMILES string of the molecule is CCOC(=O)COc1ccccc1CP(=O)(c1ccccc1)c1ccccc1. The Balaban J connectivity index is 1.95. The van der Waals surface area contributed by atoms with Crippen LogP contribution in [0.1, 0.15) is 12.5 Å². The Morgan fingerprint density at radius 3 is 1.93 bits per heavy atom. The van der Waals surface area contributed by atoms with Crippen molar-refractivity contribution in [1.29, 1.82) is 0 Å². The van der Waals surface area contributed by atoms with Crippen molar-refractivity contribution in [3.63, 3.8) is 0 Å². The van der Waals surface area contributed by atoms with Crippen LogP contribution >= 0.6 is 7.14 Å². The molecule has 0 fully saturated rings. The third-order valence-corrected chi connectivity index (χ3v) is 7.41. The molecule has 5 heteroatoms. The largest absolute Gasteiger partial charge is 0.482 e. The van der Waals surface area contributed by atoms with E-state index in [0.717, 1.165) is 16.2 Å². The fourth-order valence-corrected chi connectivity index (χ4v) is 5.74. The molecular weight excluding hydrogens is 371 g/mol. The van der Waals surface area contributed by atoms with Crippen LogP contribution in [0.3, 0.4) is 0 Å². The van der Waals surface area contributed by atoms with E-state index in [0.29, 0.717) is 18.5 Å². The molecule has 3 rings (SSSR count). The molecule has 0 heterocycles. The van der Waals surface area contributed by atoms with E-state index >= 15 is 0 Å². The first kappa shape index (κ1) is 19.9. The highest BCUT2D eigenvalue weighted by Crippen LogP contribution is 2.48. The van der Waals surface area contributed by atoms with Gasteiger partial charge in [-0.2, -0.15) is 0 Å². The molecule has 0 radical (unpaired) electrons. The van der Waals surface area contributed by atoms with E-state index in [1.165, 1.54) is 0 Å². The standard InChI is InChI=1S/C23H23O4P/c1-2-26-23(24)17-27-22-16-10-9-11-19(22)18-28(25,20-12-5-3-6-13-20)21-14-7-4-8-15-21/h3-16H,2,17-18H2,1H3. The van der Waals surface area contributed by atoms with Gasteiger partial charge in [-0.05, 0) is 13.0 Å². The molecular formula is C23H23O4P. The summed E-state index contributed by atoms with van der Waals surface area (Å²) in [6.07, 6.45) is 0.306. The summed E-state index contributed by atoms with van der Waals surface area (Å²) in [7, 11) is -2.93. The zero-order valence-corrected chi connectivity index (χ0v) is 16.7. The van der Waals surface area contributed by atoms with Gasteiger partial charge in [0.1, 0.15) is 12.9 Å². The van der Waals surface area contributed by atoms with Gasteiger partial charge in [0.15, 0.2) is 6.61 Å². The molecule has 0 bridgehead atoms. The fraction of sp³-hybridized carbons (Fsp3) is 0.174. The van der Waals surface area contributed by atoms with E-state index in [4.69, 9.17) is 9.47 Å². The van der Waals surface area contributed by atoms with Crippen molar-refractivity contribution in [2.45, 2.75) is 13.1 Å². The number of benzene rings is 3. The van der Waals surface area contributed by atoms with Crippen LogP contribution in [0, 0.1) is 0 Å². The first-order chi connectivity index (χ1) is 13.6. The van der Waals surface area contributed by atoms with Gasteiger partial charge in [-0.15, -0.1) is 0 Å². The van der Waals surface area contributed by atoms with Crippen molar-refractivity contribution in [1.82, 2.24) is 0 Å². The summed E-state index contributed by atoms with van der Waals surface area (Å²) in [6.45, 7) is 1.88. The monoisotopic (exact) mass is 394 g/mol. The van der Waals surface area contributed by atoms with Gasteiger partial charge in [0.05, 0.1) is 6.61 Å². The minimum absolute atomic E-state index is 0.175. The van der Waals surface area contributed by atoms with Crippen molar-refractivity contribution in [2.24, 2.45) is 0 Å². The summed E-state index contributed by atoms with van der Waals surface area (Å²) in [5.74, 6) is 0.120. The van der Waals surface area contributed by atoms with Gasteiger partial charge < -0.3 is 14.0 Å². The summed E-state index contributed by atoms with van der Waals surface area (Å²) in [4.78, 5) is 11.7. The van der Waals surface area contributed by atoms with Crippen LogP contribution in [-0.2, 0) is 20.3 Å². The van der Waals surface area contributed by atoms with E-state index in [9.17, 15) is 9.36 Å². The quantitative estimate of drug-likeness (QED) is 0.426. The van der Waals surface area contributed by atoms with Gasteiger partial charge in [-0.3, -0.25) is 0 Å². The maximum absolute atomic E-state index is 14.2. The number of ether oxygens (including phenoxy) is 2. The molecule has 0 saturated carbocycles. The summed E-state index contributed by atoms with van der Waals surface area (Å²) in [6, 6.07) is 26.4.